The Bertz CT molecular complexity index is 983. The number of carbonyl (C=O) groups is 1. The Balaban J connectivity index is 1.49. The summed E-state index contributed by atoms with van der Waals surface area (Å²) in [5.74, 6) is -0.630. The normalized spacial score (nSPS) is 14.8. The van der Waals surface area contributed by atoms with Gasteiger partial charge in [0.05, 0.1) is 11.4 Å². The molecule has 1 amide bonds. The SMILES string of the molecule is O=C(CSc1nnc(C2CCCCC2)n1-n1cccc1)Nc1ccc(F)cc1F. The fraction of sp³-hybridized carbons (Fsp3) is 0.350. The number of nitrogens with one attached hydrogen (secondary N) is 1. The van der Waals surface area contributed by atoms with Gasteiger partial charge in [0.2, 0.25) is 11.1 Å². The van der Waals surface area contributed by atoms with Gasteiger partial charge < -0.3 is 5.32 Å². The lowest BCUT2D eigenvalue weighted by Crippen LogP contribution is -2.19. The molecule has 9 heteroatoms. The van der Waals surface area contributed by atoms with Crippen molar-refractivity contribution in [1.82, 2.24) is 19.5 Å². The van der Waals surface area contributed by atoms with E-state index < -0.39 is 17.5 Å². The quantitative estimate of drug-likeness (QED) is 0.602. The highest BCUT2D eigenvalue weighted by atomic mass is 32.2. The van der Waals surface area contributed by atoms with Crippen LogP contribution in [0.1, 0.15) is 43.8 Å². The number of anilines is 1. The van der Waals surface area contributed by atoms with Gasteiger partial charge in [0.25, 0.3) is 0 Å². The second-order valence-corrected chi connectivity index (χ2v) is 7.95. The number of nitrogens with zero attached hydrogens (tertiary/aromatic N) is 4. The zero-order valence-electron chi connectivity index (χ0n) is 15.7. The molecule has 2 heterocycles. The van der Waals surface area contributed by atoms with Crippen LogP contribution in [0.4, 0.5) is 14.5 Å². The highest BCUT2D eigenvalue weighted by Gasteiger charge is 2.24. The van der Waals surface area contributed by atoms with Crippen LogP contribution in [0.3, 0.4) is 0 Å². The summed E-state index contributed by atoms with van der Waals surface area (Å²) >= 11 is 1.23. The lowest BCUT2D eigenvalue weighted by atomic mass is 9.89. The van der Waals surface area contributed by atoms with Crippen LogP contribution < -0.4 is 5.32 Å². The first-order chi connectivity index (χ1) is 14.1. The topological polar surface area (TPSA) is 64.7 Å². The van der Waals surface area contributed by atoms with Crippen molar-refractivity contribution >= 4 is 23.4 Å². The predicted octanol–water partition coefficient (Wildman–Crippen LogP) is 4.45. The van der Waals surface area contributed by atoms with Gasteiger partial charge in [0, 0.05) is 24.4 Å². The van der Waals surface area contributed by atoms with Crippen molar-refractivity contribution in [1.29, 1.82) is 0 Å². The molecule has 0 saturated heterocycles. The molecule has 0 bridgehead atoms. The van der Waals surface area contributed by atoms with Crippen LogP contribution >= 0.6 is 11.8 Å². The maximum Gasteiger partial charge on any atom is 0.234 e. The number of benzene rings is 1. The summed E-state index contributed by atoms with van der Waals surface area (Å²) in [4.78, 5) is 12.3. The van der Waals surface area contributed by atoms with Gasteiger partial charge in [0.15, 0.2) is 5.82 Å². The fourth-order valence-electron chi connectivity index (χ4n) is 3.57. The molecular formula is C20H21F2N5OS. The number of hydrogen-bond acceptors (Lipinski definition) is 4. The number of carbonyl (C=O) groups excluding carboxylic acids is 1. The number of rotatable bonds is 6. The number of halogens is 2. The van der Waals surface area contributed by atoms with E-state index in [2.05, 4.69) is 15.5 Å². The molecule has 0 unspecified atom stereocenters. The van der Waals surface area contributed by atoms with Gasteiger partial charge in [0.1, 0.15) is 11.6 Å². The van der Waals surface area contributed by atoms with Crippen LogP contribution in [0.2, 0.25) is 0 Å². The monoisotopic (exact) mass is 417 g/mol. The first-order valence-corrected chi connectivity index (χ1v) is 10.6. The summed E-state index contributed by atoms with van der Waals surface area (Å²) in [6.45, 7) is 0. The average Bonchev–Trinajstić information content (AvgIpc) is 3.38. The number of aromatic nitrogens is 4. The fourth-order valence-corrected chi connectivity index (χ4v) is 4.31. The Morgan fingerprint density at radius 1 is 1.14 bits per heavy atom. The van der Waals surface area contributed by atoms with Gasteiger partial charge in [-0.25, -0.2) is 13.5 Å². The largest absolute Gasteiger partial charge is 0.323 e. The molecule has 4 rings (SSSR count). The van der Waals surface area contributed by atoms with Crippen molar-refractivity contribution in [3.8, 4) is 0 Å². The van der Waals surface area contributed by atoms with Crippen LogP contribution in [0.15, 0.2) is 47.9 Å². The van der Waals surface area contributed by atoms with Crippen molar-refractivity contribution in [2.45, 2.75) is 43.2 Å². The number of hydrogen-bond donors (Lipinski definition) is 1. The van der Waals surface area contributed by atoms with Crippen LogP contribution in [0.25, 0.3) is 0 Å². The van der Waals surface area contributed by atoms with E-state index in [1.165, 1.54) is 37.1 Å². The molecule has 1 fully saturated rings. The lowest BCUT2D eigenvalue weighted by Gasteiger charge is -2.22. The summed E-state index contributed by atoms with van der Waals surface area (Å²) < 4.78 is 30.6. The molecule has 152 valence electrons. The van der Waals surface area contributed by atoms with Crippen LogP contribution in [0, 0.1) is 11.6 Å². The Hall–Kier alpha value is -2.68. The van der Waals surface area contributed by atoms with E-state index in [4.69, 9.17) is 0 Å². The number of amides is 1. The van der Waals surface area contributed by atoms with E-state index in [1.54, 1.807) is 0 Å². The second kappa shape index (κ2) is 8.77. The minimum absolute atomic E-state index is 0.0287. The zero-order valence-corrected chi connectivity index (χ0v) is 16.5. The molecule has 2 aromatic heterocycles. The third-order valence-corrected chi connectivity index (χ3v) is 5.88. The lowest BCUT2D eigenvalue weighted by molar-refractivity contribution is -0.113. The van der Waals surface area contributed by atoms with E-state index in [1.807, 2.05) is 33.9 Å². The zero-order chi connectivity index (χ0) is 20.2. The molecule has 1 aromatic carbocycles. The van der Waals surface area contributed by atoms with Crippen molar-refractivity contribution in [3.05, 3.63) is 60.2 Å². The van der Waals surface area contributed by atoms with Gasteiger partial charge in [-0.1, -0.05) is 31.0 Å². The first-order valence-electron chi connectivity index (χ1n) is 9.58. The first kappa shape index (κ1) is 19.6. The van der Waals surface area contributed by atoms with Gasteiger partial charge in [-0.15, -0.1) is 10.2 Å². The molecule has 1 aliphatic rings. The maximum atomic E-state index is 13.7. The van der Waals surface area contributed by atoms with Crippen molar-refractivity contribution in [2.75, 3.05) is 11.1 Å². The summed E-state index contributed by atoms with van der Waals surface area (Å²) in [7, 11) is 0. The van der Waals surface area contributed by atoms with E-state index in [9.17, 15) is 13.6 Å². The third kappa shape index (κ3) is 4.50. The minimum atomic E-state index is -0.807. The van der Waals surface area contributed by atoms with Crippen LogP contribution in [-0.2, 0) is 4.79 Å². The van der Waals surface area contributed by atoms with Gasteiger partial charge in [-0.3, -0.25) is 9.47 Å². The van der Waals surface area contributed by atoms with E-state index in [0.717, 1.165) is 30.8 Å². The van der Waals surface area contributed by atoms with Gasteiger partial charge >= 0.3 is 0 Å². The summed E-state index contributed by atoms with van der Waals surface area (Å²) in [5.41, 5.74) is -0.0493. The molecule has 1 saturated carbocycles. The molecule has 29 heavy (non-hydrogen) atoms. The summed E-state index contributed by atoms with van der Waals surface area (Å²) in [5, 5.41) is 11.8. The summed E-state index contributed by atoms with van der Waals surface area (Å²) in [6.07, 6.45) is 9.58. The van der Waals surface area contributed by atoms with Crippen molar-refractivity contribution < 1.29 is 13.6 Å². The van der Waals surface area contributed by atoms with E-state index in [0.29, 0.717) is 11.1 Å². The molecule has 0 atom stereocenters. The molecule has 1 N–H and O–H groups in total. The highest BCUT2D eigenvalue weighted by Crippen LogP contribution is 2.33. The van der Waals surface area contributed by atoms with Crippen LogP contribution in [-0.4, -0.2) is 31.2 Å². The van der Waals surface area contributed by atoms with Crippen molar-refractivity contribution in [2.24, 2.45) is 0 Å². The molecule has 1 aliphatic carbocycles. The molecular weight excluding hydrogens is 396 g/mol. The molecule has 6 nitrogen and oxygen atoms in total. The Morgan fingerprint density at radius 3 is 2.62 bits per heavy atom. The Labute approximate surface area is 171 Å². The molecule has 0 spiro atoms. The predicted molar refractivity (Wildman–Crippen MR) is 107 cm³/mol. The Kier molecular flexibility index (Phi) is 5.94. The van der Waals surface area contributed by atoms with E-state index >= 15 is 0 Å². The van der Waals surface area contributed by atoms with E-state index in [-0.39, 0.29) is 11.4 Å². The van der Waals surface area contributed by atoms with Crippen molar-refractivity contribution in [3.63, 3.8) is 0 Å². The molecule has 0 aliphatic heterocycles. The minimum Gasteiger partial charge on any atom is -0.323 e. The number of thioether (sulfide) groups is 1. The van der Waals surface area contributed by atoms with Gasteiger partial charge in [-0.05, 0) is 37.1 Å². The van der Waals surface area contributed by atoms with Crippen LogP contribution in [0.5, 0.6) is 0 Å². The second-order valence-electron chi connectivity index (χ2n) is 7.01. The molecule has 3 aromatic rings. The smallest absolute Gasteiger partial charge is 0.234 e. The highest BCUT2D eigenvalue weighted by molar-refractivity contribution is 7.99. The van der Waals surface area contributed by atoms with Gasteiger partial charge in [-0.2, -0.15) is 0 Å². The third-order valence-electron chi connectivity index (χ3n) is 4.96. The maximum absolute atomic E-state index is 13.7. The Morgan fingerprint density at radius 2 is 1.90 bits per heavy atom. The standard InChI is InChI=1S/C20H21F2N5OS/c21-15-8-9-17(16(22)12-15)23-18(28)13-29-20-25-24-19(14-6-2-1-3-7-14)27(20)26-10-4-5-11-26/h4-5,8-12,14H,1-3,6-7,13H2,(H,23,28). The average molecular weight is 417 g/mol. The summed E-state index contributed by atoms with van der Waals surface area (Å²) in [6, 6.07) is 6.88. The molecule has 0 radical (unpaired) electrons.